The third-order valence-corrected chi connectivity index (χ3v) is 17.7. The van der Waals surface area contributed by atoms with Crippen molar-refractivity contribution in [3.63, 3.8) is 0 Å². The minimum atomic E-state index is -1.12. The first-order valence-electron chi connectivity index (χ1n) is 24.1. The van der Waals surface area contributed by atoms with Gasteiger partial charge in [0.05, 0.1) is 12.7 Å². The summed E-state index contributed by atoms with van der Waals surface area (Å²) in [7, 11) is 0. The molecule has 2 spiro atoms. The number of benzene rings is 1. The Labute approximate surface area is 362 Å². The molecule has 3 saturated carbocycles. The minimum Gasteiger partial charge on any atom is -0.504 e. The molecular formula is C50H70N2O9. The second kappa shape index (κ2) is 17.0. The number of phenols is 1. The summed E-state index contributed by atoms with van der Waals surface area (Å²) >= 11 is 0. The quantitative estimate of drug-likeness (QED) is 0.144. The van der Waals surface area contributed by atoms with Crippen LogP contribution in [0, 0.1) is 51.8 Å². The zero-order valence-corrected chi connectivity index (χ0v) is 36.6. The van der Waals surface area contributed by atoms with Gasteiger partial charge in [-0.3, -0.25) is 9.59 Å². The number of phenolic OH excluding ortho intramolecular Hbond substituents is 1. The highest BCUT2D eigenvalue weighted by Crippen LogP contribution is 2.65. The Balaban J connectivity index is 1.19. The summed E-state index contributed by atoms with van der Waals surface area (Å²) in [6.45, 7) is 5.11. The van der Waals surface area contributed by atoms with Gasteiger partial charge in [0.15, 0.2) is 11.5 Å². The molecule has 0 radical (unpaired) electrons. The second-order valence-electron chi connectivity index (χ2n) is 21.1. The van der Waals surface area contributed by atoms with E-state index < -0.39 is 40.7 Å². The molecule has 61 heavy (non-hydrogen) atoms. The lowest BCUT2D eigenvalue weighted by Crippen LogP contribution is -2.69. The number of hydrogen-bond acceptors (Lipinski definition) is 10. The lowest BCUT2D eigenvalue weighted by Gasteiger charge is -2.56. The molecule has 5 N–H and O–H groups in total. The number of carbonyl (C=O) groups excluding carboxylic acids is 3. The van der Waals surface area contributed by atoms with Crippen LogP contribution >= 0.6 is 0 Å². The molecule has 3 aliphatic heterocycles. The summed E-state index contributed by atoms with van der Waals surface area (Å²) in [5.41, 5.74) is -0.405. The Hall–Kier alpha value is -3.33. The number of nitrogens with one attached hydrogen (secondary N) is 2. The van der Waals surface area contributed by atoms with Crippen LogP contribution in [0.4, 0.5) is 0 Å². The molecule has 1 aromatic carbocycles. The summed E-state index contributed by atoms with van der Waals surface area (Å²) in [5, 5.41) is 40.3. The number of hydrogen-bond donors (Lipinski definition) is 5. The van der Waals surface area contributed by atoms with Crippen LogP contribution in [0.1, 0.15) is 165 Å². The number of amides is 1. The highest BCUT2D eigenvalue weighted by Gasteiger charge is 2.62. The van der Waals surface area contributed by atoms with Gasteiger partial charge in [-0.15, -0.1) is 5.92 Å². The van der Waals surface area contributed by atoms with Gasteiger partial charge in [-0.2, -0.15) is 0 Å². The fourth-order valence-corrected chi connectivity index (χ4v) is 14.9. The van der Waals surface area contributed by atoms with Crippen molar-refractivity contribution in [1.82, 2.24) is 10.6 Å². The molecule has 11 heteroatoms. The van der Waals surface area contributed by atoms with Gasteiger partial charge in [0.25, 0.3) is 0 Å². The monoisotopic (exact) mass is 843 g/mol. The van der Waals surface area contributed by atoms with Crippen LogP contribution in [-0.4, -0.2) is 83.3 Å². The average molecular weight is 843 g/mol. The van der Waals surface area contributed by atoms with E-state index in [0.717, 1.165) is 81.8 Å². The van der Waals surface area contributed by atoms with Gasteiger partial charge in [0.2, 0.25) is 5.91 Å². The number of carbonyl (C=O) groups is 3. The summed E-state index contributed by atoms with van der Waals surface area (Å²) in [6, 6.07) is 3.81. The number of rotatable bonds is 7. The zero-order valence-electron chi connectivity index (χ0n) is 36.6. The predicted molar refractivity (Wildman–Crippen MR) is 228 cm³/mol. The van der Waals surface area contributed by atoms with Crippen LogP contribution in [-0.2, 0) is 23.9 Å². The fraction of sp³-hybridized carbons (Fsp3) is 0.780. The highest BCUT2D eigenvalue weighted by atomic mass is 16.6. The number of aliphatic hydroxyl groups is 2. The van der Waals surface area contributed by atoms with Crippen molar-refractivity contribution < 1.29 is 43.9 Å². The first kappa shape index (κ1) is 42.9. The highest BCUT2D eigenvalue weighted by molar-refractivity contribution is 5.93. The van der Waals surface area contributed by atoms with Crippen molar-refractivity contribution in [2.75, 3.05) is 26.3 Å². The number of ether oxygens (including phenoxy) is 3. The van der Waals surface area contributed by atoms with Crippen LogP contribution in [0.2, 0.25) is 0 Å². The summed E-state index contributed by atoms with van der Waals surface area (Å²) in [5.74, 6) is 6.92. The number of esters is 2. The summed E-state index contributed by atoms with van der Waals surface area (Å²) in [4.78, 5) is 42.7. The maximum atomic E-state index is 15.5. The molecule has 3 heterocycles. The first-order valence-corrected chi connectivity index (χ1v) is 24.1. The van der Waals surface area contributed by atoms with Gasteiger partial charge in [-0.1, -0.05) is 50.5 Å². The van der Waals surface area contributed by atoms with Gasteiger partial charge in [-0.25, -0.2) is 4.79 Å². The smallest absolute Gasteiger partial charge is 0.332 e. The lowest BCUT2D eigenvalue weighted by molar-refractivity contribution is -0.184. The van der Waals surface area contributed by atoms with Crippen molar-refractivity contribution in [2.45, 2.75) is 178 Å². The standard InChI is InChI=1S/C50H70N2O9/c1-31(54)24-33-10-9-11-34-26-38-39(48(30-53)17-7-8-18-48)29-59-44-40(56)14-13-37(42(38)44)43(34)49(20-22-51-23-21-49)41(27-36(25-33)60-32(2)55)61-46(58)50-19-4-3-12-35(50)28-47(45(57)52-50)15-5-6-16-47/h13-14,31,33-36,38-39,41,43,51,53-54,56H,3-8,10,12,15-30H2,1-2H3,(H,52,57)/t31-,33+,34-,35+,36+,38+,39+,41?,43+,50+/m0/s1. The molecule has 10 atom stereocenters. The Morgan fingerprint density at radius 2 is 1.70 bits per heavy atom. The Bertz CT molecular complexity index is 1880. The van der Waals surface area contributed by atoms with Crippen LogP contribution in [0.25, 0.3) is 0 Å². The molecular weight excluding hydrogens is 773 g/mol. The van der Waals surface area contributed by atoms with Gasteiger partial charge in [-0.05, 0) is 126 Å². The minimum absolute atomic E-state index is 0.000254. The van der Waals surface area contributed by atoms with Crippen LogP contribution in [0.3, 0.4) is 0 Å². The summed E-state index contributed by atoms with van der Waals surface area (Å²) in [6.07, 6.45) is 13.7. The SMILES string of the molecule is CC(=O)O[C@H]1CC(OC(=O)[C@@]23CCCC[C@@H]2CC2(CCCC2)C(=O)N3)C2(CCNCC2)[C@H]2c3ccc(O)c4c3[C@H](C[C@@H]2C#CC[C@H](C[C@H](C)O)C1)[C@H](C1(CO)CCCC1)CO4. The molecule has 5 aliphatic carbocycles. The van der Waals surface area contributed by atoms with Crippen molar-refractivity contribution in [3.8, 4) is 23.3 Å². The molecule has 11 nitrogen and oxygen atoms in total. The van der Waals surface area contributed by atoms with Gasteiger partial charge >= 0.3 is 11.9 Å². The molecule has 9 rings (SSSR count). The van der Waals surface area contributed by atoms with Crippen LogP contribution < -0.4 is 15.4 Å². The van der Waals surface area contributed by atoms with E-state index >= 15 is 4.79 Å². The Kier molecular flexibility index (Phi) is 12.0. The fourth-order valence-electron chi connectivity index (χ4n) is 14.9. The number of fused-ring (bicyclic) bond motifs is 4. The Morgan fingerprint density at radius 3 is 2.43 bits per heavy atom. The van der Waals surface area contributed by atoms with E-state index in [1.165, 1.54) is 6.92 Å². The lowest BCUT2D eigenvalue weighted by atomic mass is 9.51. The predicted octanol–water partition coefficient (Wildman–Crippen LogP) is 6.94. The molecule has 1 unspecified atom stereocenters. The molecule has 8 aliphatic rings. The summed E-state index contributed by atoms with van der Waals surface area (Å²) < 4.78 is 20.0. The number of aromatic hydroxyl groups is 1. The van der Waals surface area contributed by atoms with E-state index in [1.807, 2.05) is 0 Å². The van der Waals surface area contributed by atoms with Gasteiger partial charge in [0.1, 0.15) is 17.7 Å². The van der Waals surface area contributed by atoms with E-state index in [-0.39, 0.29) is 71.6 Å². The van der Waals surface area contributed by atoms with E-state index in [0.29, 0.717) is 76.8 Å². The molecule has 1 amide bonds. The molecule has 334 valence electrons. The van der Waals surface area contributed by atoms with Crippen LogP contribution in [0.5, 0.6) is 11.5 Å². The van der Waals surface area contributed by atoms with E-state index in [1.54, 1.807) is 13.0 Å². The number of aliphatic hydroxyl groups excluding tert-OH is 2. The molecule has 0 bridgehead atoms. The van der Waals surface area contributed by atoms with Crippen LogP contribution in [0.15, 0.2) is 12.1 Å². The van der Waals surface area contributed by atoms with Gasteiger partial charge in [0, 0.05) is 65.9 Å². The first-order chi connectivity index (χ1) is 29.4. The topological polar surface area (TPSA) is 164 Å². The van der Waals surface area contributed by atoms with E-state index in [9.17, 15) is 24.9 Å². The average Bonchev–Trinajstić information content (AvgIpc) is 3.93. The van der Waals surface area contributed by atoms with Crippen molar-refractivity contribution in [2.24, 2.45) is 39.9 Å². The maximum Gasteiger partial charge on any atom is 0.332 e. The number of piperidine rings is 2. The largest absolute Gasteiger partial charge is 0.504 e. The molecule has 0 aromatic heterocycles. The third kappa shape index (κ3) is 7.56. The van der Waals surface area contributed by atoms with Gasteiger partial charge < -0.3 is 40.2 Å². The van der Waals surface area contributed by atoms with Crippen molar-refractivity contribution in [1.29, 1.82) is 0 Å². The van der Waals surface area contributed by atoms with Crippen molar-refractivity contribution in [3.05, 3.63) is 23.3 Å². The third-order valence-electron chi connectivity index (χ3n) is 17.7. The molecule has 2 saturated heterocycles. The van der Waals surface area contributed by atoms with Crippen molar-refractivity contribution >= 4 is 17.8 Å². The van der Waals surface area contributed by atoms with E-state index in [4.69, 9.17) is 14.2 Å². The molecule has 1 aromatic rings. The normalized spacial score (nSPS) is 36.4. The maximum absolute atomic E-state index is 15.5. The zero-order chi connectivity index (χ0) is 42.6. The second-order valence-corrected chi connectivity index (χ2v) is 21.1. The Morgan fingerprint density at radius 1 is 0.967 bits per heavy atom. The van der Waals surface area contributed by atoms with E-state index in [2.05, 4.69) is 28.5 Å². The molecule has 5 fully saturated rings.